The molecule has 1 aromatic heterocycles. The number of pyridine rings is 1. The Hall–Kier alpha value is -1.62. The standard InChI is InChI=1S/C15H23N3O2/c1-3-9-16-15(20)10(2)17-12-5-4-6-13-11(12)7-8-14(19)18-13/h7-8,10,12,17H,3-6,9H2,1-2H3,(H,16,20)(H,18,19). The molecule has 0 saturated carbocycles. The quantitative estimate of drug-likeness (QED) is 0.758. The summed E-state index contributed by atoms with van der Waals surface area (Å²) >= 11 is 0. The summed E-state index contributed by atoms with van der Waals surface area (Å²) < 4.78 is 0. The fourth-order valence-electron chi connectivity index (χ4n) is 2.65. The number of aromatic nitrogens is 1. The number of amides is 1. The summed E-state index contributed by atoms with van der Waals surface area (Å²) in [6.45, 7) is 4.62. The fourth-order valence-corrected chi connectivity index (χ4v) is 2.65. The first-order valence-electron chi connectivity index (χ1n) is 7.37. The second-order valence-electron chi connectivity index (χ2n) is 5.38. The summed E-state index contributed by atoms with van der Waals surface area (Å²) in [5.74, 6) is 0.0309. The van der Waals surface area contributed by atoms with E-state index >= 15 is 0 Å². The minimum Gasteiger partial charge on any atom is -0.355 e. The van der Waals surface area contributed by atoms with Crippen LogP contribution in [0.4, 0.5) is 0 Å². The van der Waals surface area contributed by atoms with Crippen LogP contribution in [-0.2, 0) is 11.2 Å². The highest BCUT2D eigenvalue weighted by Gasteiger charge is 2.24. The van der Waals surface area contributed by atoms with Crippen molar-refractivity contribution < 1.29 is 4.79 Å². The Kier molecular flexibility index (Phi) is 4.95. The highest BCUT2D eigenvalue weighted by molar-refractivity contribution is 5.81. The Labute approximate surface area is 119 Å². The third kappa shape index (κ3) is 3.48. The van der Waals surface area contributed by atoms with Gasteiger partial charge in [0.25, 0.3) is 0 Å². The molecule has 0 fully saturated rings. The van der Waals surface area contributed by atoms with E-state index in [1.54, 1.807) is 6.07 Å². The molecule has 0 bridgehead atoms. The summed E-state index contributed by atoms with van der Waals surface area (Å²) in [5.41, 5.74) is 2.06. The number of carbonyl (C=O) groups excluding carboxylic acids is 1. The van der Waals surface area contributed by atoms with E-state index in [-0.39, 0.29) is 23.6 Å². The van der Waals surface area contributed by atoms with E-state index in [1.165, 1.54) is 0 Å². The summed E-state index contributed by atoms with van der Waals surface area (Å²) in [6.07, 6.45) is 3.85. The van der Waals surface area contributed by atoms with Crippen molar-refractivity contribution >= 4 is 5.91 Å². The van der Waals surface area contributed by atoms with Crippen LogP contribution in [0.3, 0.4) is 0 Å². The average molecular weight is 277 g/mol. The van der Waals surface area contributed by atoms with Crippen LogP contribution in [-0.4, -0.2) is 23.5 Å². The van der Waals surface area contributed by atoms with E-state index in [2.05, 4.69) is 15.6 Å². The zero-order chi connectivity index (χ0) is 14.5. The summed E-state index contributed by atoms with van der Waals surface area (Å²) in [7, 11) is 0. The largest absolute Gasteiger partial charge is 0.355 e. The van der Waals surface area contributed by atoms with Gasteiger partial charge >= 0.3 is 0 Å². The fraction of sp³-hybridized carbons (Fsp3) is 0.600. The zero-order valence-corrected chi connectivity index (χ0v) is 12.2. The van der Waals surface area contributed by atoms with Crippen molar-refractivity contribution in [2.75, 3.05) is 6.54 Å². The van der Waals surface area contributed by atoms with E-state index < -0.39 is 0 Å². The molecule has 0 aromatic carbocycles. The Bertz CT molecular complexity index is 524. The molecule has 3 N–H and O–H groups in total. The molecule has 1 aliphatic carbocycles. The van der Waals surface area contributed by atoms with Gasteiger partial charge in [-0.05, 0) is 38.2 Å². The zero-order valence-electron chi connectivity index (χ0n) is 12.2. The lowest BCUT2D eigenvalue weighted by Gasteiger charge is -2.28. The van der Waals surface area contributed by atoms with Gasteiger partial charge < -0.3 is 10.3 Å². The van der Waals surface area contributed by atoms with E-state index in [4.69, 9.17) is 0 Å². The third-order valence-corrected chi connectivity index (χ3v) is 3.73. The number of H-pyrrole nitrogens is 1. The van der Waals surface area contributed by atoms with Gasteiger partial charge in [0.2, 0.25) is 11.5 Å². The van der Waals surface area contributed by atoms with Crippen LogP contribution in [0.1, 0.15) is 50.4 Å². The van der Waals surface area contributed by atoms with E-state index in [0.29, 0.717) is 6.54 Å². The van der Waals surface area contributed by atoms with Crippen molar-refractivity contribution in [1.82, 2.24) is 15.6 Å². The maximum atomic E-state index is 11.9. The molecule has 1 aromatic rings. The predicted molar refractivity (Wildman–Crippen MR) is 78.6 cm³/mol. The molecule has 2 atom stereocenters. The minimum atomic E-state index is -0.232. The lowest BCUT2D eigenvalue weighted by atomic mass is 9.91. The molecule has 0 aliphatic heterocycles. The molecule has 2 rings (SSSR count). The molecule has 5 heteroatoms. The molecule has 2 unspecified atom stereocenters. The highest BCUT2D eigenvalue weighted by atomic mass is 16.2. The molecule has 0 radical (unpaired) electrons. The Balaban J connectivity index is 2.04. The topological polar surface area (TPSA) is 74.0 Å². The molecule has 20 heavy (non-hydrogen) atoms. The molecular formula is C15H23N3O2. The van der Waals surface area contributed by atoms with Crippen molar-refractivity contribution in [3.05, 3.63) is 33.7 Å². The van der Waals surface area contributed by atoms with E-state index in [9.17, 15) is 9.59 Å². The lowest BCUT2D eigenvalue weighted by Crippen LogP contribution is -2.44. The smallest absolute Gasteiger partial charge is 0.248 e. The number of fused-ring (bicyclic) bond motifs is 1. The highest BCUT2D eigenvalue weighted by Crippen LogP contribution is 2.27. The SMILES string of the molecule is CCCNC(=O)C(C)NC1CCCc2[nH]c(=O)ccc21. The predicted octanol–water partition coefficient (Wildman–Crippen LogP) is 1.26. The van der Waals surface area contributed by atoms with Gasteiger partial charge in [-0.2, -0.15) is 0 Å². The lowest BCUT2D eigenvalue weighted by molar-refractivity contribution is -0.122. The van der Waals surface area contributed by atoms with Gasteiger partial charge in [0.15, 0.2) is 0 Å². The van der Waals surface area contributed by atoms with E-state index in [1.807, 2.05) is 19.9 Å². The number of aromatic amines is 1. The first-order chi connectivity index (χ1) is 9.61. The van der Waals surface area contributed by atoms with Gasteiger partial charge in [-0.3, -0.25) is 14.9 Å². The third-order valence-electron chi connectivity index (χ3n) is 3.73. The monoisotopic (exact) mass is 277 g/mol. The summed E-state index contributed by atoms with van der Waals surface area (Å²) in [4.78, 5) is 26.2. The summed E-state index contributed by atoms with van der Waals surface area (Å²) in [6, 6.07) is 3.34. The Morgan fingerprint density at radius 1 is 1.50 bits per heavy atom. The molecule has 0 spiro atoms. The van der Waals surface area contributed by atoms with Crippen molar-refractivity contribution in [3.8, 4) is 0 Å². The van der Waals surface area contributed by atoms with Crippen LogP contribution < -0.4 is 16.2 Å². The Morgan fingerprint density at radius 2 is 2.30 bits per heavy atom. The maximum absolute atomic E-state index is 11.9. The molecule has 1 amide bonds. The van der Waals surface area contributed by atoms with Gasteiger partial charge in [0.05, 0.1) is 6.04 Å². The van der Waals surface area contributed by atoms with Crippen molar-refractivity contribution in [2.45, 2.75) is 51.6 Å². The van der Waals surface area contributed by atoms with Gasteiger partial charge in [-0.15, -0.1) is 0 Å². The molecule has 110 valence electrons. The first kappa shape index (κ1) is 14.8. The van der Waals surface area contributed by atoms with Crippen molar-refractivity contribution in [2.24, 2.45) is 0 Å². The summed E-state index contributed by atoms with van der Waals surface area (Å²) in [5, 5.41) is 6.26. The average Bonchev–Trinajstić information content (AvgIpc) is 2.44. The number of nitrogens with one attached hydrogen (secondary N) is 3. The number of rotatable bonds is 5. The van der Waals surface area contributed by atoms with Crippen molar-refractivity contribution in [1.29, 1.82) is 0 Å². The van der Waals surface area contributed by atoms with Gasteiger partial charge in [-0.1, -0.05) is 13.0 Å². The molecular weight excluding hydrogens is 254 g/mol. The number of hydrogen-bond acceptors (Lipinski definition) is 3. The minimum absolute atomic E-state index is 0.0309. The van der Waals surface area contributed by atoms with Crippen LogP contribution in [0.25, 0.3) is 0 Å². The van der Waals surface area contributed by atoms with Crippen LogP contribution in [0.15, 0.2) is 16.9 Å². The van der Waals surface area contributed by atoms with Crippen LogP contribution in [0.2, 0.25) is 0 Å². The second-order valence-corrected chi connectivity index (χ2v) is 5.38. The normalized spacial score (nSPS) is 19.2. The molecule has 0 saturated heterocycles. The van der Waals surface area contributed by atoms with Crippen molar-refractivity contribution in [3.63, 3.8) is 0 Å². The number of carbonyl (C=O) groups is 1. The molecule has 1 heterocycles. The van der Waals surface area contributed by atoms with E-state index in [0.717, 1.165) is 36.9 Å². The van der Waals surface area contributed by atoms with Crippen LogP contribution >= 0.6 is 0 Å². The van der Waals surface area contributed by atoms with Crippen LogP contribution in [0.5, 0.6) is 0 Å². The van der Waals surface area contributed by atoms with Crippen LogP contribution in [0, 0.1) is 0 Å². The Morgan fingerprint density at radius 3 is 3.05 bits per heavy atom. The first-order valence-corrected chi connectivity index (χ1v) is 7.37. The maximum Gasteiger partial charge on any atom is 0.248 e. The second kappa shape index (κ2) is 6.70. The van der Waals surface area contributed by atoms with Gasteiger partial charge in [0.1, 0.15) is 0 Å². The van der Waals surface area contributed by atoms with Gasteiger partial charge in [-0.25, -0.2) is 0 Å². The molecule has 1 aliphatic rings. The number of aryl methyl sites for hydroxylation is 1. The molecule has 5 nitrogen and oxygen atoms in total. The number of hydrogen-bond donors (Lipinski definition) is 3. The van der Waals surface area contributed by atoms with Gasteiger partial charge in [0, 0.05) is 24.3 Å².